The van der Waals surface area contributed by atoms with Gasteiger partial charge in [-0.2, -0.15) is 0 Å². The summed E-state index contributed by atoms with van der Waals surface area (Å²) in [5.74, 6) is 0. The minimum atomic E-state index is -0.225. The fourth-order valence-corrected chi connectivity index (χ4v) is 3.17. The van der Waals surface area contributed by atoms with Crippen LogP contribution in [0.15, 0.2) is 0 Å². The van der Waals surface area contributed by atoms with E-state index >= 15 is 0 Å². The lowest BCUT2D eigenvalue weighted by Crippen LogP contribution is -2.26. The van der Waals surface area contributed by atoms with Crippen LogP contribution in [-0.4, -0.2) is 23.4 Å². The molecule has 0 bridgehead atoms. The van der Waals surface area contributed by atoms with E-state index in [1.807, 2.05) is 0 Å². The van der Waals surface area contributed by atoms with Crippen LogP contribution in [0.3, 0.4) is 0 Å². The molecule has 2 heteroatoms. The molecule has 2 nitrogen and oxygen atoms in total. The molecule has 20 heavy (non-hydrogen) atoms. The molecule has 0 amide bonds. The zero-order valence-electron chi connectivity index (χ0n) is 13.8. The van der Waals surface area contributed by atoms with Crippen molar-refractivity contribution in [3.63, 3.8) is 0 Å². The lowest BCUT2D eigenvalue weighted by atomic mass is 10.0. The Hall–Kier alpha value is -0.0800. The van der Waals surface area contributed by atoms with Crippen LogP contribution in [0.4, 0.5) is 0 Å². The average molecular weight is 284 g/mol. The lowest BCUT2D eigenvalue weighted by molar-refractivity contribution is -0.0401. The van der Waals surface area contributed by atoms with Crippen LogP contribution < -0.4 is 0 Å². The minimum Gasteiger partial charge on any atom is -0.390 e. The highest BCUT2D eigenvalue weighted by atomic mass is 16.5. The van der Waals surface area contributed by atoms with Crippen molar-refractivity contribution < 1.29 is 9.84 Å². The second kappa shape index (κ2) is 11.6. The van der Waals surface area contributed by atoms with Crippen LogP contribution in [0.25, 0.3) is 0 Å². The van der Waals surface area contributed by atoms with E-state index in [0.29, 0.717) is 6.10 Å². The van der Waals surface area contributed by atoms with Crippen LogP contribution in [-0.2, 0) is 4.74 Å². The molecule has 1 saturated heterocycles. The first-order valence-electron chi connectivity index (χ1n) is 9.11. The second-order valence-corrected chi connectivity index (χ2v) is 6.49. The van der Waals surface area contributed by atoms with Gasteiger partial charge in [-0.3, -0.25) is 0 Å². The van der Waals surface area contributed by atoms with Crippen molar-refractivity contribution >= 4 is 0 Å². The maximum absolute atomic E-state index is 10.2. The quantitative estimate of drug-likeness (QED) is 0.497. The number of aliphatic hydroxyl groups excluding tert-OH is 1. The van der Waals surface area contributed by atoms with Crippen LogP contribution in [0.5, 0.6) is 0 Å². The third-order valence-corrected chi connectivity index (χ3v) is 4.55. The molecular weight excluding hydrogens is 248 g/mol. The van der Waals surface area contributed by atoms with Crippen molar-refractivity contribution in [3.8, 4) is 0 Å². The normalized spacial score (nSPS) is 24.1. The smallest absolute Gasteiger partial charge is 0.0838 e. The van der Waals surface area contributed by atoms with E-state index in [-0.39, 0.29) is 12.2 Å². The Morgan fingerprint density at radius 2 is 1.55 bits per heavy atom. The summed E-state index contributed by atoms with van der Waals surface area (Å²) < 4.78 is 6.04. The van der Waals surface area contributed by atoms with Crippen molar-refractivity contribution in [1.29, 1.82) is 0 Å². The van der Waals surface area contributed by atoms with Crippen molar-refractivity contribution in [3.05, 3.63) is 0 Å². The summed E-state index contributed by atoms with van der Waals surface area (Å²) in [4.78, 5) is 0. The first-order valence-corrected chi connectivity index (χ1v) is 9.11. The van der Waals surface area contributed by atoms with Crippen molar-refractivity contribution in [2.45, 2.75) is 116 Å². The molecule has 0 aromatic carbocycles. The fraction of sp³-hybridized carbons (Fsp3) is 1.00. The molecule has 0 aromatic rings. The Kier molecular flexibility index (Phi) is 10.4. The van der Waals surface area contributed by atoms with E-state index < -0.39 is 0 Å². The SMILES string of the molecule is CCCCCCC[C@@H]1CC[C@@H](C(O)CCCCCC)O1. The Labute approximate surface area is 126 Å². The van der Waals surface area contributed by atoms with Gasteiger partial charge < -0.3 is 9.84 Å². The van der Waals surface area contributed by atoms with Gasteiger partial charge in [0.1, 0.15) is 0 Å². The van der Waals surface area contributed by atoms with E-state index in [9.17, 15) is 5.11 Å². The molecule has 1 aliphatic heterocycles. The van der Waals surface area contributed by atoms with Crippen molar-refractivity contribution in [2.24, 2.45) is 0 Å². The molecule has 0 spiro atoms. The molecule has 1 N–H and O–H groups in total. The van der Waals surface area contributed by atoms with Gasteiger partial charge in [0.05, 0.1) is 18.3 Å². The minimum absolute atomic E-state index is 0.122. The van der Waals surface area contributed by atoms with E-state index in [2.05, 4.69) is 13.8 Å². The zero-order valence-corrected chi connectivity index (χ0v) is 13.8. The molecule has 1 unspecified atom stereocenters. The summed E-state index contributed by atoms with van der Waals surface area (Å²) in [5.41, 5.74) is 0. The highest BCUT2D eigenvalue weighted by Gasteiger charge is 2.29. The molecule has 1 rings (SSSR count). The second-order valence-electron chi connectivity index (χ2n) is 6.49. The van der Waals surface area contributed by atoms with Gasteiger partial charge in [-0.1, -0.05) is 71.6 Å². The number of rotatable bonds is 12. The van der Waals surface area contributed by atoms with Crippen molar-refractivity contribution in [2.75, 3.05) is 0 Å². The summed E-state index contributed by atoms with van der Waals surface area (Å²) in [6.07, 6.45) is 16.3. The molecular formula is C18H36O2. The number of unbranched alkanes of at least 4 members (excludes halogenated alkanes) is 7. The first-order chi connectivity index (χ1) is 9.77. The van der Waals surface area contributed by atoms with Gasteiger partial charge in [-0.05, 0) is 25.7 Å². The predicted molar refractivity (Wildman–Crippen MR) is 86.0 cm³/mol. The molecule has 0 aliphatic carbocycles. The Balaban J connectivity index is 2.03. The van der Waals surface area contributed by atoms with Gasteiger partial charge in [-0.15, -0.1) is 0 Å². The molecule has 0 aromatic heterocycles. The van der Waals surface area contributed by atoms with E-state index in [0.717, 1.165) is 25.7 Å². The highest BCUT2D eigenvalue weighted by Crippen LogP contribution is 2.27. The van der Waals surface area contributed by atoms with Crippen LogP contribution >= 0.6 is 0 Å². The summed E-state index contributed by atoms with van der Waals surface area (Å²) in [5, 5.41) is 10.2. The molecule has 0 radical (unpaired) electrons. The Morgan fingerprint density at radius 3 is 2.25 bits per heavy atom. The van der Waals surface area contributed by atoms with Crippen molar-refractivity contribution in [1.82, 2.24) is 0 Å². The predicted octanol–water partition coefficient (Wildman–Crippen LogP) is 5.23. The Bertz CT molecular complexity index is 217. The van der Waals surface area contributed by atoms with Crippen LogP contribution in [0.2, 0.25) is 0 Å². The molecule has 0 saturated carbocycles. The van der Waals surface area contributed by atoms with Gasteiger partial charge in [0.25, 0.3) is 0 Å². The summed E-state index contributed by atoms with van der Waals surface area (Å²) in [6, 6.07) is 0. The fourth-order valence-electron chi connectivity index (χ4n) is 3.17. The van der Waals surface area contributed by atoms with Crippen LogP contribution in [0, 0.1) is 0 Å². The zero-order chi connectivity index (χ0) is 14.6. The van der Waals surface area contributed by atoms with E-state index in [1.165, 1.54) is 57.8 Å². The maximum Gasteiger partial charge on any atom is 0.0838 e. The first kappa shape index (κ1) is 18.0. The van der Waals surface area contributed by atoms with E-state index in [4.69, 9.17) is 4.74 Å². The largest absolute Gasteiger partial charge is 0.390 e. The third kappa shape index (κ3) is 7.64. The molecule has 120 valence electrons. The van der Waals surface area contributed by atoms with Gasteiger partial charge >= 0.3 is 0 Å². The molecule has 3 atom stereocenters. The Morgan fingerprint density at radius 1 is 0.900 bits per heavy atom. The number of hydrogen-bond acceptors (Lipinski definition) is 2. The standard InChI is InChI=1S/C18H36O2/c1-3-5-7-9-10-12-16-14-15-18(20-16)17(19)13-11-8-6-4-2/h16-19H,3-15H2,1-2H3/t16-,17?,18+/m1/s1. The summed E-state index contributed by atoms with van der Waals surface area (Å²) in [6.45, 7) is 4.48. The molecule has 1 fully saturated rings. The lowest BCUT2D eigenvalue weighted by Gasteiger charge is -2.19. The van der Waals surface area contributed by atoms with E-state index in [1.54, 1.807) is 0 Å². The topological polar surface area (TPSA) is 29.5 Å². The number of ether oxygens (including phenoxy) is 1. The molecule has 1 heterocycles. The molecule has 1 aliphatic rings. The summed E-state index contributed by atoms with van der Waals surface area (Å²) >= 11 is 0. The average Bonchev–Trinajstić information content (AvgIpc) is 2.92. The highest BCUT2D eigenvalue weighted by molar-refractivity contribution is 4.79. The maximum atomic E-state index is 10.2. The third-order valence-electron chi connectivity index (χ3n) is 4.55. The number of hydrogen-bond donors (Lipinski definition) is 1. The van der Waals surface area contributed by atoms with Gasteiger partial charge in [-0.25, -0.2) is 0 Å². The van der Waals surface area contributed by atoms with Gasteiger partial charge in [0.15, 0.2) is 0 Å². The van der Waals surface area contributed by atoms with Gasteiger partial charge in [0, 0.05) is 0 Å². The monoisotopic (exact) mass is 284 g/mol. The van der Waals surface area contributed by atoms with Gasteiger partial charge in [0.2, 0.25) is 0 Å². The summed E-state index contributed by atoms with van der Waals surface area (Å²) in [7, 11) is 0. The van der Waals surface area contributed by atoms with Crippen LogP contribution in [0.1, 0.15) is 97.3 Å². The number of aliphatic hydroxyl groups is 1.